The molecule has 92 valence electrons. The van der Waals surface area contributed by atoms with Gasteiger partial charge in [0.15, 0.2) is 0 Å². The SMILES string of the molecule is CC(C)CC(O)CNC(=O)c1cc(C#N)c[nH]1. The molecule has 0 aromatic carbocycles. The summed E-state index contributed by atoms with van der Waals surface area (Å²) in [5, 5.41) is 20.8. The van der Waals surface area contributed by atoms with Gasteiger partial charge in [0.2, 0.25) is 0 Å². The van der Waals surface area contributed by atoms with E-state index >= 15 is 0 Å². The van der Waals surface area contributed by atoms with Gasteiger partial charge in [-0.2, -0.15) is 5.26 Å². The molecule has 0 aliphatic carbocycles. The van der Waals surface area contributed by atoms with E-state index in [1.165, 1.54) is 12.3 Å². The number of aliphatic hydroxyl groups excluding tert-OH is 1. The molecule has 1 aromatic heterocycles. The monoisotopic (exact) mass is 235 g/mol. The molecule has 0 fully saturated rings. The third kappa shape index (κ3) is 4.29. The second kappa shape index (κ2) is 6.06. The predicted molar refractivity (Wildman–Crippen MR) is 63.3 cm³/mol. The summed E-state index contributed by atoms with van der Waals surface area (Å²) in [5.41, 5.74) is 0.746. The molecule has 1 amide bonds. The first-order valence-electron chi connectivity index (χ1n) is 5.57. The van der Waals surface area contributed by atoms with Crippen molar-refractivity contribution in [2.24, 2.45) is 5.92 Å². The number of nitriles is 1. The molecule has 3 N–H and O–H groups in total. The van der Waals surface area contributed by atoms with Crippen LogP contribution >= 0.6 is 0 Å². The molecule has 1 aromatic rings. The highest BCUT2D eigenvalue weighted by Crippen LogP contribution is 2.04. The molecule has 1 atom stereocenters. The molecule has 0 saturated carbocycles. The first kappa shape index (κ1) is 13.3. The number of hydrogen-bond donors (Lipinski definition) is 3. The van der Waals surface area contributed by atoms with E-state index in [-0.39, 0.29) is 12.5 Å². The fraction of sp³-hybridized carbons (Fsp3) is 0.500. The van der Waals surface area contributed by atoms with Crippen molar-refractivity contribution in [1.82, 2.24) is 10.3 Å². The van der Waals surface area contributed by atoms with Crippen molar-refractivity contribution in [3.63, 3.8) is 0 Å². The van der Waals surface area contributed by atoms with Crippen LogP contribution in [0.2, 0.25) is 0 Å². The Hall–Kier alpha value is -1.80. The Balaban J connectivity index is 2.42. The minimum atomic E-state index is -0.538. The van der Waals surface area contributed by atoms with E-state index in [1.54, 1.807) is 0 Å². The van der Waals surface area contributed by atoms with Gasteiger partial charge >= 0.3 is 0 Å². The molecule has 0 aliphatic rings. The van der Waals surface area contributed by atoms with E-state index in [0.717, 1.165) is 0 Å². The van der Waals surface area contributed by atoms with Crippen LogP contribution < -0.4 is 5.32 Å². The summed E-state index contributed by atoms with van der Waals surface area (Å²) in [5.74, 6) is 0.0758. The van der Waals surface area contributed by atoms with Crippen molar-refractivity contribution in [3.8, 4) is 6.07 Å². The van der Waals surface area contributed by atoms with Crippen LogP contribution in [-0.2, 0) is 0 Å². The zero-order chi connectivity index (χ0) is 12.8. The standard InChI is InChI=1S/C12H17N3O2/c1-8(2)3-10(16)7-15-12(17)11-4-9(5-13)6-14-11/h4,6,8,10,14,16H,3,7H2,1-2H3,(H,15,17). The summed E-state index contributed by atoms with van der Waals surface area (Å²) in [7, 11) is 0. The lowest BCUT2D eigenvalue weighted by molar-refractivity contribution is 0.0896. The number of rotatable bonds is 5. The third-order valence-electron chi connectivity index (χ3n) is 2.30. The summed E-state index contributed by atoms with van der Waals surface area (Å²) >= 11 is 0. The lowest BCUT2D eigenvalue weighted by atomic mass is 10.1. The zero-order valence-corrected chi connectivity index (χ0v) is 10.0. The molecule has 0 bridgehead atoms. The Bertz CT molecular complexity index is 418. The van der Waals surface area contributed by atoms with Gasteiger partial charge in [-0.25, -0.2) is 0 Å². The maximum atomic E-state index is 11.6. The molecule has 0 spiro atoms. The molecule has 0 radical (unpaired) electrons. The van der Waals surface area contributed by atoms with Gasteiger partial charge in [0.05, 0.1) is 11.7 Å². The van der Waals surface area contributed by atoms with E-state index in [2.05, 4.69) is 10.3 Å². The first-order valence-corrected chi connectivity index (χ1v) is 5.57. The number of carbonyl (C=O) groups is 1. The lowest BCUT2D eigenvalue weighted by Crippen LogP contribution is -2.32. The molecule has 17 heavy (non-hydrogen) atoms. The molecular weight excluding hydrogens is 218 g/mol. The second-order valence-corrected chi connectivity index (χ2v) is 4.41. The molecule has 1 rings (SSSR count). The largest absolute Gasteiger partial charge is 0.391 e. The summed E-state index contributed by atoms with van der Waals surface area (Å²) in [6.07, 6.45) is 1.58. The number of hydrogen-bond acceptors (Lipinski definition) is 3. The minimum Gasteiger partial charge on any atom is -0.391 e. The highest BCUT2D eigenvalue weighted by molar-refractivity contribution is 5.92. The average molecular weight is 235 g/mol. The van der Waals surface area contributed by atoms with E-state index in [1.807, 2.05) is 19.9 Å². The van der Waals surface area contributed by atoms with E-state index < -0.39 is 6.10 Å². The maximum absolute atomic E-state index is 11.6. The maximum Gasteiger partial charge on any atom is 0.267 e. The van der Waals surface area contributed by atoms with Crippen molar-refractivity contribution in [2.75, 3.05) is 6.54 Å². The van der Waals surface area contributed by atoms with Gasteiger partial charge in [-0.15, -0.1) is 0 Å². The van der Waals surface area contributed by atoms with Crippen molar-refractivity contribution >= 4 is 5.91 Å². The van der Waals surface area contributed by atoms with Crippen LogP contribution in [0.25, 0.3) is 0 Å². The Labute approximate surface area is 100 Å². The fourth-order valence-electron chi connectivity index (χ4n) is 1.52. The molecule has 1 unspecified atom stereocenters. The number of amides is 1. The van der Waals surface area contributed by atoms with Crippen molar-refractivity contribution < 1.29 is 9.90 Å². The quantitative estimate of drug-likeness (QED) is 0.712. The smallest absolute Gasteiger partial charge is 0.267 e. The molecule has 0 aliphatic heterocycles. The number of aromatic amines is 1. The van der Waals surface area contributed by atoms with E-state index in [4.69, 9.17) is 5.26 Å². The topological polar surface area (TPSA) is 88.9 Å². The highest BCUT2D eigenvalue weighted by atomic mass is 16.3. The molecule has 5 heteroatoms. The second-order valence-electron chi connectivity index (χ2n) is 4.41. The number of nitrogens with one attached hydrogen (secondary N) is 2. The number of aromatic nitrogens is 1. The van der Waals surface area contributed by atoms with Crippen molar-refractivity contribution in [2.45, 2.75) is 26.4 Å². The summed E-state index contributed by atoms with van der Waals surface area (Å²) in [6.45, 7) is 4.24. The molecule has 1 heterocycles. The average Bonchev–Trinajstić information content (AvgIpc) is 2.73. The van der Waals surface area contributed by atoms with Gasteiger partial charge in [-0.1, -0.05) is 13.8 Å². The minimum absolute atomic E-state index is 0.220. The molecular formula is C12H17N3O2. The van der Waals surface area contributed by atoms with Crippen molar-refractivity contribution in [3.05, 3.63) is 23.5 Å². The van der Waals surface area contributed by atoms with Crippen LogP contribution in [0, 0.1) is 17.2 Å². The van der Waals surface area contributed by atoms with E-state index in [0.29, 0.717) is 23.6 Å². The van der Waals surface area contributed by atoms with Crippen LogP contribution in [0.3, 0.4) is 0 Å². The molecule has 0 saturated heterocycles. The van der Waals surface area contributed by atoms with Crippen LogP contribution in [0.4, 0.5) is 0 Å². The van der Waals surface area contributed by atoms with Gasteiger partial charge in [-0.3, -0.25) is 4.79 Å². The van der Waals surface area contributed by atoms with Crippen LogP contribution in [0.5, 0.6) is 0 Å². The Morgan fingerprint density at radius 2 is 2.35 bits per heavy atom. The van der Waals surface area contributed by atoms with Gasteiger partial charge in [0.25, 0.3) is 5.91 Å². The first-order chi connectivity index (χ1) is 8.02. The predicted octanol–water partition coefficient (Wildman–Crippen LogP) is 1.02. The molecule has 5 nitrogen and oxygen atoms in total. The van der Waals surface area contributed by atoms with Gasteiger partial charge in [0, 0.05) is 12.7 Å². The van der Waals surface area contributed by atoms with Gasteiger partial charge < -0.3 is 15.4 Å². The van der Waals surface area contributed by atoms with Crippen LogP contribution in [0.1, 0.15) is 36.3 Å². The number of aliphatic hydroxyl groups is 1. The normalized spacial score (nSPS) is 12.2. The third-order valence-corrected chi connectivity index (χ3v) is 2.30. The summed E-state index contributed by atoms with van der Waals surface area (Å²) < 4.78 is 0. The number of H-pyrrole nitrogens is 1. The van der Waals surface area contributed by atoms with Crippen LogP contribution in [-0.4, -0.2) is 28.6 Å². The van der Waals surface area contributed by atoms with Crippen LogP contribution in [0.15, 0.2) is 12.3 Å². The Kier molecular flexibility index (Phi) is 4.73. The highest BCUT2D eigenvalue weighted by Gasteiger charge is 2.11. The summed E-state index contributed by atoms with van der Waals surface area (Å²) in [4.78, 5) is 14.3. The number of carbonyl (C=O) groups excluding carboxylic acids is 1. The van der Waals surface area contributed by atoms with Gasteiger partial charge in [0.1, 0.15) is 11.8 Å². The van der Waals surface area contributed by atoms with E-state index in [9.17, 15) is 9.90 Å². The summed E-state index contributed by atoms with van der Waals surface area (Å²) in [6, 6.07) is 3.41. The number of nitrogens with zero attached hydrogens (tertiary/aromatic N) is 1. The zero-order valence-electron chi connectivity index (χ0n) is 10.0. The van der Waals surface area contributed by atoms with Crippen molar-refractivity contribution in [1.29, 1.82) is 5.26 Å². The Morgan fingerprint density at radius 3 is 2.88 bits per heavy atom. The Morgan fingerprint density at radius 1 is 1.65 bits per heavy atom. The van der Waals surface area contributed by atoms with Gasteiger partial charge in [-0.05, 0) is 18.4 Å². The lowest BCUT2D eigenvalue weighted by Gasteiger charge is -2.13. The fourth-order valence-corrected chi connectivity index (χ4v) is 1.52.